The van der Waals surface area contributed by atoms with Crippen LogP contribution in [0.3, 0.4) is 0 Å². The van der Waals surface area contributed by atoms with Gasteiger partial charge in [0.25, 0.3) is 11.8 Å². The first-order chi connectivity index (χ1) is 13.5. The Bertz CT molecular complexity index is 801. The van der Waals surface area contributed by atoms with Crippen LogP contribution in [0.2, 0.25) is 0 Å². The van der Waals surface area contributed by atoms with Crippen molar-refractivity contribution < 1.29 is 19.1 Å². The average molecular weight is 384 g/mol. The van der Waals surface area contributed by atoms with Crippen LogP contribution in [0.5, 0.6) is 11.5 Å². The molecular weight excluding hydrogens is 356 g/mol. The Kier molecular flexibility index (Phi) is 7.87. The molecule has 6 nitrogen and oxygen atoms in total. The van der Waals surface area contributed by atoms with Gasteiger partial charge in [0.05, 0.1) is 13.2 Å². The first-order valence-electron chi connectivity index (χ1n) is 9.44. The van der Waals surface area contributed by atoms with Gasteiger partial charge in [0.2, 0.25) is 0 Å². The van der Waals surface area contributed by atoms with E-state index in [0.29, 0.717) is 42.4 Å². The van der Waals surface area contributed by atoms with Crippen molar-refractivity contribution in [3.8, 4) is 11.5 Å². The zero-order valence-corrected chi connectivity index (χ0v) is 17.0. The number of rotatable bonds is 9. The highest BCUT2D eigenvalue weighted by atomic mass is 16.5. The van der Waals surface area contributed by atoms with Crippen molar-refractivity contribution >= 4 is 11.8 Å². The Morgan fingerprint density at radius 1 is 0.929 bits per heavy atom. The molecule has 0 aliphatic heterocycles. The molecule has 28 heavy (non-hydrogen) atoms. The summed E-state index contributed by atoms with van der Waals surface area (Å²) in [6.07, 6.45) is 0.896. The number of hydrogen-bond donors (Lipinski definition) is 1. The molecule has 2 amide bonds. The molecule has 2 aromatic rings. The van der Waals surface area contributed by atoms with E-state index >= 15 is 0 Å². The van der Waals surface area contributed by atoms with Crippen molar-refractivity contribution in [1.29, 1.82) is 0 Å². The minimum atomic E-state index is -0.198. The van der Waals surface area contributed by atoms with Gasteiger partial charge in [-0.3, -0.25) is 9.59 Å². The molecule has 0 heterocycles. The van der Waals surface area contributed by atoms with Crippen molar-refractivity contribution in [2.24, 2.45) is 0 Å². The minimum Gasteiger partial charge on any atom is -0.490 e. The summed E-state index contributed by atoms with van der Waals surface area (Å²) >= 11 is 0. The summed E-state index contributed by atoms with van der Waals surface area (Å²) in [6.45, 7) is 5.38. The Morgan fingerprint density at radius 3 is 2.21 bits per heavy atom. The maximum absolute atomic E-state index is 12.5. The first-order valence-corrected chi connectivity index (χ1v) is 9.44. The fraction of sp³-hybridized carbons (Fsp3) is 0.364. The Hall–Kier alpha value is -3.02. The molecule has 0 spiro atoms. The highest BCUT2D eigenvalue weighted by Crippen LogP contribution is 2.28. The first kappa shape index (κ1) is 21.3. The van der Waals surface area contributed by atoms with Crippen LogP contribution in [0.15, 0.2) is 42.5 Å². The van der Waals surface area contributed by atoms with Crippen LogP contribution in [0, 0.1) is 0 Å². The number of ether oxygens (including phenoxy) is 2. The second kappa shape index (κ2) is 10.3. The maximum Gasteiger partial charge on any atom is 0.253 e. The van der Waals surface area contributed by atoms with Crippen LogP contribution in [-0.2, 0) is 6.54 Å². The summed E-state index contributed by atoms with van der Waals surface area (Å²) in [6, 6.07) is 12.4. The molecule has 0 saturated carbocycles. The molecule has 0 aromatic heterocycles. The van der Waals surface area contributed by atoms with Gasteiger partial charge < -0.3 is 19.7 Å². The minimum absolute atomic E-state index is 0.0515. The molecule has 0 aliphatic rings. The van der Waals surface area contributed by atoms with Crippen LogP contribution in [0.1, 0.15) is 46.5 Å². The lowest BCUT2D eigenvalue weighted by atomic mass is 10.1. The van der Waals surface area contributed by atoms with E-state index in [9.17, 15) is 9.59 Å². The topological polar surface area (TPSA) is 67.9 Å². The standard InChI is InChI=1S/C22H28N2O4/c1-5-13-28-19-12-11-18(14-20(19)27-6-2)21(25)23-15-16-7-9-17(10-8-16)22(26)24(3)4/h7-12,14H,5-6,13,15H2,1-4H3,(H,23,25). The molecule has 2 rings (SSSR count). The van der Waals surface area contributed by atoms with Crippen molar-refractivity contribution in [1.82, 2.24) is 10.2 Å². The van der Waals surface area contributed by atoms with E-state index in [1.807, 2.05) is 26.0 Å². The monoisotopic (exact) mass is 384 g/mol. The lowest BCUT2D eigenvalue weighted by Gasteiger charge is -2.13. The number of benzene rings is 2. The fourth-order valence-corrected chi connectivity index (χ4v) is 2.56. The van der Waals surface area contributed by atoms with Crippen molar-refractivity contribution in [3.05, 3.63) is 59.2 Å². The van der Waals surface area contributed by atoms with Gasteiger partial charge in [-0.25, -0.2) is 0 Å². The zero-order valence-electron chi connectivity index (χ0n) is 17.0. The molecule has 0 unspecified atom stereocenters. The highest BCUT2D eigenvalue weighted by Gasteiger charge is 2.12. The van der Waals surface area contributed by atoms with E-state index in [1.54, 1.807) is 44.4 Å². The van der Waals surface area contributed by atoms with Crippen LogP contribution >= 0.6 is 0 Å². The molecule has 2 aromatic carbocycles. The lowest BCUT2D eigenvalue weighted by molar-refractivity contribution is 0.0827. The van der Waals surface area contributed by atoms with Gasteiger partial charge in [-0.2, -0.15) is 0 Å². The zero-order chi connectivity index (χ0) is 20.5. The Balaban J connectivity index is 2.02. The quantitative estimate of drug-likeness (QED) is 0.718. The largest absolute Gasteiger partial charge is 0.490 e. The summed E-state index contributed by atoms with van der Waals surface area (Å²) in [4.78, 5) is 25.9. The SMILES string of the molecule is CCCOc1ccc(C(=O)NCc2ccc(C(=O)N(C)C)cc2)cc1OCC. The molecule has 0 bridgehead atoms. The van der Waals surface area contributed by atoms with Gasteiger partial charge in [0, 0.05) is 31.8 Å². The van der Waals surface area contributed by atoms with Gasteiger partial charge >= 0.3 is 0 Å². The third-order valence-electron chi connectivity index (χ3n) is 4.03. The molecule has 0 radical (unpaired) electrons. The van der Waals surface area contributed by atoms with Crippen molar-refractivity contribution in [2.75, 3.05) is 27.3 Å². The predicted octanol–water partition coefficient (Wildman–Crippen LogP) is 3.51. The molecule has 0 atom stereocenters. The van der Waals surface area contributed by atoms with Crippen LogP contribution in [0.4, 0.5) is 0 Å². The predicted molar refractivity (Wildman–Crippen MR) is 109 cm³/mol. The number of amides is 2. The number of nitrogens with one attached hydrogen (secondary N) is 1. The molecular formula is C22H28N2O4. The average Bonchev–Trinajstić information content (AvgIpc) is 2.71. The summed E-state index contributed by atoms with van der Waals surface area (Å²) < 4.78 is 11.3. The van der Waals surface area contributed by atoms with Gasteiger partial charge in [0.1, 0.15) is 0 Å². The lowest BCUT2D eigenvalue weighted by Crippen LogP contribution is -2.23. The second-order valence-corrected chi connectivity index (χ2v) is 6.52. The third kappa shape index (κ3) is 5.74. The normalized spacial score (nSPS) is 10.3. The van der Waals surface area contributed by atoms with E-state index in [2.05, 4.69) is 5.32 Å². The Morgan fingerprint density at radius 2 is 1.61 bits per heavy atom. The Labute approximate surface area is 166 Å². The third-order valence-corrected chi connectivity index (χ3v) is 4.03. The molecule has 150 valence electrons. The van der Waals surface area contributed by atoms with Gasteiger partial charge in [-0.15, -0.1) is 0 Å². The molecule has 0 aliphatic carbocycles. The number of hydrogen-bond acceptors (Lipinski definition) is 4. The summed E-state index contributed by atoms with van der Waals surface area (Å²) in [5, 5.41) is 2.89. The second-order valence-electron chi connectivity index (χ2n) is 6.52. The number of carbonyl (C=O) groups excluding carboxylic acids is 2. The van der Waals surface area contributed by atoms with Gasteiger partial charge in [-0.05, 0) is 49.2 Å². The number of carbonyl (C=O) groups is 2. The fourth-order valence-electron chi connectivity index (χ4n) is 2.56. The summed E-state index contributed by atoms with van der Waals surface area (Å²) in [5.74, 6) is 0.956. The summed E-state index contributed by atoms with van der Waals surface area (Å²) in [5.41, 5.74) is 2.03. The maximum atomic E-state index is 12.5. The van der Waals surface area contributed by atoms with E-state index in [0.717, 1.165) is 12.0 Å². The van der Waals surface area contributed by atoms with E-state index in [4.69, 9.17) is 9.47 Å². The highest BCUT2D eigenvalue weighted by molar-refractivity contribution is 5.95. The summed E-state index contributed by atoms with van der Waals surface area (Å²) in [7, 11) is 3.43. The molecule has 0 saturated heterocycles. The van der Waals surface area contributed by atoms with E-state index < -0.39 is 0 Å². The smallest absolute Gasteiger partial charge is 0.253 e. The van der Waals surface area contributed by atoms with E-state index in [1.165, 1.54) is 4.90 Å². The number of nitrogens with zero attached hydrogens (tertiary/aromatic N) is 1. The van der Waals surface area contributed by atoms with Crippen molar-refractivity contribution in [3.63, 3.8) is 0 Å². The molecule has 0 fully saturated rings. The van der Waals surface area contributed by atoms with Crippen LogP contribution < -0.4 is 14.8 Å². The molecule has 1 N–H and O–H groups in total. The molecule has 6 heteroatoms. The van der Waals surface area contributed by atoms with Gasteiger partial charge in [0.15, 0.2) is 11.5 Å². The van der Waals surface area contributed by atoms with Crippen LogP contribution in [0.25, 0.3) is 0 Å². The van der Waals surface area contributed by atoms with Gasteiger partial charge in [-0.1, -0.05) is 19.1 Å². The van der Waals surface area contributed by atoms with Crippen LogP contribution in [-0.4, -0.2) is 44.0 Å². The van der Waals surface area contributed by atoms with Crippen molar-refractivity contribution in [2.45, 2.75) is 26.8 Å². The van der Waals surface area contributed by atoms with E-state index in [-0.39, 0.29) is 11.8 Å².